The van der Waals surface area contributed by atoms with E-state index in [2.05, 4.69) is 15.9 Å². The fourth-order valence-corrected chi connectivity index (χ4v) is 4.23. The first kappa shape index (κ1) is 16.9. The third-order valence-electron chi connectivity index (χ3n) is 5.77. The minimum absolute atomic E-state index is 0.0225. The number of piperidine rings is 1. The van der Waals surface area contributed by atoms with E-state index in [1.54, 1.807) is 0 Å². The molecule has 1 amide bonds. The van der Waals surface area contributed by atoms with E-state index in [0.29, 0.717) is 12.5 Å². The van der Waals surface area contributed by atoms with Crippen molar-refractivity contribution < 1.29 is 14.3 Å². The molecule has 0 N–H and O–H groups in total. The summed E-state index contributed by atoms with van der Waals surface area (Å²) in [5.41, 5.74) is 1.16. The summed E-state index contributed by atoms with van der Waals surface area (Å²) in [5.74, 6) is 1.91. The van der Waals surface area contributed by atoms with E-state index in [4.69, 9.17) is 9.47 Å². The van der Waals surface area contributed by atoms with Gasteiger partial charge in [-0.05, 0) is 36.8 Å². The molecule has 4 rings (SSSR count). The van der Waals surface area contributed by atoms with E-state index in [0.717, 1.165) is 76.5 Å². The molecule has 1 aromatic carbocycles. The van der Waals surface area contributed by atoms with Gasteiger partial charge in [0.2, 0.25) is 5.91 Å². The lowest BCUT2D eigenvalue weighted by Gasteiger charge is -2.37. The smallest absolute Gasteiger partial charge is 0.229 e. The highest BCUT2D eigenvalue weighted by molar-refractivity contribution is 5.80. The van der Waals surface area contributed by atoms with Gasteiger partial charge in [-0.3, -0.25) is 9.69 Å². The van der Waals surface area contributed by atoms with Crippen LogP contribution in [0.5, 0.6) is 5.75 Å². The lowest BCUT2D eigenvalue weighted by molar-refractivity contribution is -0.138. The average Bonchev–Trinajstić information content (AvgIpc) is 2.68. The largest absolute Gasteiger partial charge is 0.492 e. The number of fused-ring (bicyclic) bond motifs is 1. The number of likely N-dealkylation sites (tertiary alicyclic amines) is 1. The van der Waals surface area contributed by atoms with Gasteiger partial charge in [0.1, 0.15) is 12.4 Å². The van der Waals surface area contributed by atoms with Crippen molar-refractivity contribution in [1.29, 1.82) is 0 Å². The number of amides is 1. The molecule has 0 radical (unpaired) electrons. The number of nitrogens with zero attached hydrogens (tertiary/aromatic N) is 2. The lowest BCUT2D eigenvalue weighted by atomic mass is 9.92. The van der Waals surface area contributed by atoms with Crippen LogP contribution in [-0.2, 0) is 16.0 Å². The zero-order valence-corrected chi connectivity index (χ0v) is 14.9. The van der Waals surface area contributed by atoms with Gasteiger partial charge in [-0.2, -0.15) is 0 Å². The minimum Gasteiger partial charge on any atom is -0.492 e. The van der Waals surface area contributed by atoms with Gasteiger partial charge in [0.25, 0.3) is 0 Å². The molecule has 136 valence electrons. The molecule has 0 aromatic heterocycles. The van der Waals surface area contributed by atoms with Gasteiger partial charge >= 0.3 is 0 Å². The van der Waals surface area contributed by atoms with Crippen LogP contribution < -0.4 is 4.74 Å². The molecular formula is C20H28N2O3. The summed E-state index contributed by atoms with van der Waals surface area (Å²) in [6, 6.07) is 8.07. The maximum Gasteiger partial charge on any atom is 0.229 e. The van der Waals surface area contributed by atoms with Gasteiger partial charge in [0, 0.05) is 32.7 Å². The van der Waals surface area contributed by atoms with E-state index in [-0.39, 0.29) is 11.8 Å². The van der Waals surface area contributed by atoms with Crippen molar-refractivity contribution in [3.8, 4) is 5.75 Å². The zero-order chi connectivity index (χ0) is 17.1. The molecule has 3 heterocycles. The van der Waals surface area contributed by atoms with Crippen LogP contribution in [0.2, 0.25) is 0 Å². The van der Waals surface area contributed by atoms with Crippen molar-refractivity contribution in [2.45, 2.75) is 19.3 Å². The van der Waals surface area contributed by atoms with Gasteiger partial charge in [-0.15, -0.1) is 0 Å². The van der Waals surface area contributed by atoms with Crippen molar-refractivity contribution in [1.82, 2.24) is 9.80 Å². The third kappa shape index (κ3) is 3.98. The molecule has 5 nitrogen and oxygen atoms in total. The van der Waals surface area contributed by atoms with Crippen LogP contribution in [0.1, 0.15) is 18.4 Å². The Hall–Kier alpha value is -1.59. The molecule has 0 saturated carbocycles. The van der Waals surface area contributed by atoms with Crippen LogP contribution in [-0.4, -0.2) is 68.3 Å². The standard InChI is InChI=1S/C20H28N2O3/c23-20(18-13-17-3-1-2-4-19(17)25-15-18)22-7-5-16(6-8-22)14-21-9-11-24-12-10-21/h1-4,16,18H,5-15H2/t18-/m1/s1. The fraction of sp³-hybridized carbons (Fsp3) is 0.650. The number of carbonyl (C=O) groups excluding carboxylic acids is 1. The van der Waals surface area contributed by atoms with Crippen LogP contribution in [0.3, 0.4) is 0 Å². The summed E-state index contributed by atoms with van der Waals surface area (Å²) in [6.45, 7) is 7.30. The Kier molecular flexibility index (Phi) is 5.22. The average molecular weight is 344 g/mol. The molecule has 3 aliphatic rings. The Morgan fingerprint density at radius 1 is 1.08 bits per heavy atom. The molecular weight excluding hydrogens is 316 g/mol. The SMILES string of the molecule is O=C([C@H]1COc2ccccc2C1)N1CCC(CN2CCOCC2)CC1. The Labute approximate surface area is 149 Å². The van der Waals surface area contributed by atoms with Crippen LogP contribution in [0.4, 0.5) is 0 Å². The third-order valence-corrected chi connectivity index (χ3v) is 5.77. The highest BCUT2D eigenvalue weighted by Gasteiger charge is 2.32. The highest BCUT2D eigenvalue weighted by Crippen LogP contribution is 2.29. The second-order valence-corrected chi connectivity index (χ2v) is 7.50. The summed E-state index contributed by atoms with van der Waals surface area (Å²) in [6.07, 6.45) is 3.04. The number of morpholine rings is 1. The summed E-state index contributed by atoms with van der Waals surface area (Å²) < 4.78 is 11.2. The molecule has 2 fully saturated rings. The number of carbonyl (C=O) groups is 1. The number of benzene rings is 1. The Bertz CT molecular complexity index is 592. The Morgan fingerprint density at radius 3 is 2.64 bits per heavy atom. The Morgan fingerprint density at radius 2 is 1.84 bits per heavy atom. The van der Waals surface area contributed by atoms with Crippen molar-refractivity contribution >= 4 is 5.91 Å². The monoisotopic (exact) mass is 344 g/mol. The van der Waals surface area contributed by atoms with Gasteiger partial charge in [0.05, 0.1) is 19.1 Å². The van der Waals surface area contributed by atoms with Crippen LogP contribution in [0, 0.1) is 11.8 Å². The van der Waals surface area contributed by atoms with E-state index >= 15 is 0 Å². The normalized spacial score (nSPS) is 25.3. The van der Waals surface area contributed by atoms with Crippen molar-refractivity contribution in [3.05, 3.63) is 29.8 Å². The van der Waals surface area contributed by atoms with E-state index in [9.17, 15) is 4.79 Å². The topological polar surface area (TPSA) is 42.0 Å². The van der Waals surface area contributed by atoms with Gasteiger partial charge in [-0.1, -0.05) is 18.2 Å². The van der Waals surface area contributed by atoms with Crippen LogP contribution in [0.25, 0.3) is 0 Å². The summed E-state index contributed by atoms with van der Waals surface area (Å²) in [7, 11) is 0. The predicted molar refractivity (Wildman–Crippen MR) is 95.7 cm³/mol. The lowest BCUT2D eigenvalue weighted by Crippen LogP contribution is -2.47. The van der Waals surface area contributed by atoms with Crippen molar-refractivity contribution in [3.63, 3.8) is 0 Å². The minimum atomic E-state index is -0.0225. The molecule has 0 spiro atoms. The quantitative estimate of drug-likeness (QED) is 0.839. The van der Waals surface area contributed by atoms with E-state index in [1.807, 2.05) is 18.2 Å². The first-order chi connectivity index (χ1) is 12.3. The maximum absolute atomic E-state index is 12.9. The summed E-state index contributed by atoms with van der Waals surface area (Å²) in [4.78, 5) is 17.5. The second-order valence-electron chi connectivity index (χ2n) is 7.50. The molecule has 5 heteroatoms. The number of hydrogen-bond acceptors (Lipinski definition) is 4. The van der Waals surface area contributed by atoms with E-state index < -0.39 is 0 Å². The van der Waals surface area contributed by atoms with Gasteiger partial charge < -0.3 is 14.4 Å². The van der Waals surface area contributed by atoms with Crippen LogP contribution >= 0.6 is 0 Å². The maximum atomic E-state index is 12.9. The highest BCUT2D eigenvalue weighted by atomic mass is 16.5. The molecule has 25 heavy (non-hydrogen) atoms. The second kappa shape index (κ2) is 7.75. The summed E-state index contributed by atoms with van der Waals surface area (Å²) >= 11 is 0. The molecule has 1 atom stereocenters. The molecule has 0 unspecified atom stereocenters. The fourth-order valence-electron chi connectivity index (χ4n) is 4.23. The van der Waals surface area contributed by atoms with Crippen molar-refractivity contribution in [2.75, 3.05) is 52.5 Å². The molecule has 0 aliphatic carbocycles. The number of para-hydroxylation sites is 1. The van der Waals surface area contributed by atoms with Crippen LogP contribution in [0.15, 0.2) is 24.3 Å². The number of ether oxygens (including phenoxy) is 2. The first-order valence-corrected chi connectivity index (χ1v) is 9.59. The first-order valence-electron chi connectivity index (χ1n) is 9.59. The molecule has 2 saturated heterocycles. The zero-order valence-electron chi connectivity index (χ0n) is 14.9. The van der Waals surface area contributed by atoms with Gasteiger partial charge in [-0.25, -0.2) is 0 Å². The number of rotatable bonds is 3. The van der Waals surface area contributed by atoms with Gasteiger partial charge in [0.15, 0.2) is 0 Å². The molecule has 3 aliphatic heterocycles. The molecule has 1 aromatic rings. The predicted octanol–water partition coefficient (Wildman–Crippen LogP) is 1.81. The van der Waals surface area contributed by atoms with Crippen molar-refractivity contribution in [2.24, 2.45) is 11.8 Å². The number of hydrogen-bond donors (Lipinski definition) is 0. The van der Waals surface area contributed by atoms with E-state index in [1.165, 1.54) is 0 Å². The molecule has 0 bridgehead atoms. The Balaban J connectivity index is 1.27. The summed E-state index contributed by atoms with van der Waals surface area (Å²) in [5, 5.41) is 0.